The zero-order valence-corrected chi connectivity index (χ0v) is 8.12. The molecular formula is C9H9F2NO3. The van der Waals surface area contributed by atoms with Crippen molar-refractivity contribution in [1.82, 2.24) is 4.98 Å². The third kappa shape index (κ3) is 2.20. The average molecular weight is 217 g/mol. The highest BCUT2D eigenvalue weighted by atomic mass is 19.3. The highest BCUT2D eigenvalue weighted by Crippen LogP contribution is 2.31. The van der Waals surface area contributed by atoms with Gasteiger partial charge in [0.2, 0.25) is 5.88 Å². The van der Waals surface area contributed by atoms with Crippen molar-refractivity contribution in [2.75, 3.05) is 7.11 Å². The Morgan fingerprint density at radius 2 is 2.20 bits per heavy atom. The maximum atomic E-state index is 12.6. The van der Waals surface area contributed by atoms with E-state index in [4.69, 9.17) is 5.11 Å². The van der Waals surface area contributed by atoms with Gasteiger partial charge in [-0.05, 0) is 13.0 Å². The van der Waals surface area contributed by atoms with Gasteiger partial charge in [-0.2, -0.15) is 0 Å². The number of ether oxygens (including phenoxy) is 1. The largest absolute Gasteiger partial charge is 0.481 e. The molecule has 0 atom stereocenters. The molecule has 0 amide bonds. The highest BCUT2D eigenvalue weighted by Gasteiger charge is 2.24. The van der Waals surface area contributed by atoms with Crippen molar-refractivity contribution in [2.45, 2.75) is 13.3 Å². The smallest absolute Gasteiger partial charge is 0.336 e. The number of aromatic nitrogens is 1. The van der Waals surface area contributed by atoms with E-state index in [0.717, 1.165) is 6.07 Å². The predicted octanol–water partition coefficient (Wildman–Crippen LogP) is 2.03. The van der Waals surface area contributed by atoms with Crippen molar-refractivity contribution in [1.29, 1.82) is 0 Å². The fourth-order valence-corrected chi connectivity index (χ4v) is 1.20. The Morgan fingerprint density at radius 1 is 1.60 bits per heavy atom. The van der Waals surface area contributed by atoms with Crippen LogP contribution in [0.4, 0.5) is 8.78 Å². The van der Waals surface area contributed by atoms with Gasteiger partial charge in [0, 0.05) is 5.69 Å². The van der Waals surface area contributed by atoms with E-state index < -0.39 is 23.5 Å². The van der Waals surface area contributed by atoms with Gasteiger partial charge < -0.3 is 9.84 Å². The van der Waals surface area contributed by atoms with Crippen LogP contribution in [0.1, 0.15) is 28.0 Å². The number of rotatable bonds is 3. The fraction of sp³-hybridized carbons (Fsp3) is 0.333. The molecule has 0 spiro atoms. The van der Waals surface area contributed by atoms with E-state index in [-0.39, 0.29) is 5.88 Å². The summed E-state index contributed by atoms with van der Waals surface area (Å²) in [5.74, 6) is -1.77. The number of halogens is 2. The second-order valence-electron chi connectivity index (χ2n) is 2.84. The lowest BCUT2D eigenvalue weighted by molar-refractivity contribution is 0.0682. The molecule has 15 heavy (non-hydrogen) atoms. The van der Waals surface area contributed by atoms with Crippen LogP contribution in [0.3, 0.4) is 0 Å². The number of hydrogen-bond acceptors (Lipinski definition) is 3. The zero-order valence-electron chi connectivity index (χ0n) is 8.12. The molecule has 0 aromatic carbocycles. The van der Waals surface area contributed by atoms with Crippen LogP contribution in [0.5, 0.6) is 5.88 Å². The van der Waals surface area contributed by atoms with E-state index >= 15 is 0 Å². The summed E-state index contributed by atoms with van der Waals surface area (Å²) in [7, 11) is 1.17. The molecule has 1 N–H and O–H groups in total. The Morgan fingerprint density at radius 3 is 2.60 bits per heavy atom. The van der Waals surface area contributed by atoms with E-state index in [1.54, 1.807) is 0 Å². The van der Waals surface area contributed by atoms with Crippen LogP contribution in [0.25, 0.3) is 0 Å². The molecule has 1 rings (SSSR count). The van der Waals surface area contributed by atoms with Gasteiger partial charge in [-0.3, -0.25) is 0 Å². The Bertz CT molecular complexity index is 393. The summed E-state index contributed by atoms with van der Waals surface area (Å²) in [6.45, 7) is 1.50. The van der Waals surface area contributed by atoms with E-state index in [1.807, 2.05) is 0 Å². The Kier molecular flexibility index (Phi) is 3.18. The van der Waals surface area contributed by atoms with Crippen molar-refractivity contribution in [3.63, 3.8) is 0 Å². The Balaban J connectivity index is 3.47. The van der Waals surface area contributed by atoms with Gasteiger partial charge in [0.15, 0.2) is 0 Å². The van der Waals surface area contributed by atoms with Gasteiger partial charge in [0.1, 0.15) is 0 Å². The monoisotopic (exact) mass is 217 g/mol. The SMILES string of the molecule is COc1nc(C)cc(C(=O)O)c1C(F)F. The number of pyridine rings is 1. The summed E-state index contributed by atoms with van der Waals surface area (Å²) in [6, 6.07) is 1.09. The van der Waals surface area contributed by atoms with E-state index in [9.17, 15) is 13.6 Å². The molecule has 0 fully saturated rings. The van der Waals surface area contributed by atoms with Gasteiger partial charge >= 0.3 is 5.97 Å². The first-order valence-corrected chi connectivity index (χ1v) is 4.04. The number of hydrogen-bond donors (Lipinski definition) is 1. The molecule has 4 nitrogen and oxygen atoms in total. The number of methoxy groups -OCH3 is 1. The van der Waals surface area contributed by atoms with Crippen LogP contribution >= 0.6 is 0 Å². The van der Waals surface area contributed by atoms with Gasteiger partial charge in [0.05, 0.1) is 18.2 Å². The lowest BCUT2D eigenvalue weighted by atomic mass is 10.1. The molecule has 0 aliphatic carbocycles. The quantitative estimate of drug-likeness (QED) is 0.841. The summed E-state index contributed by atoms with van der Waals surface area (Å²) in [5, 5.41) is 8.74. The molecule has 0 unspecified atom stereocenters. The average Bonchev–Trinajstić information content (AvgIpc) is 2.15. The number of aromatic carboxylic acids is 1. The highest BCUT2D eigenvalue weighted by molar-refractivity contribution is 5.90. The summed E-state index contributed by atoms with van der Waals surface area (Å²) in [4.78, 5) is 14.4. The number of aryl methyl sites for hydroxylation is 1. The maximum Gasteiger partial charge on any atom is 0.336 e. The summed E-state index contributed by atoms with van der Waals surface area (Å²) in [6.07, 6.45) is -2.93. The fourth-order valence-electron chi connectivity index (χ4n) is 1.20. The first-order chi connectivity index (χ1) is 6.97. The number of nitrogens with zero attached hydrogens (tertiary/aromatic N) is 1. The molecule has 0 bridgehead atoms. The molecule has 1 aromatic rings. The molecule has 0 aliphatic rings. The van der Waals surface area contributed by atoms with Gasteiger partial charge in [-0.15, -0.1) is 0 Å². The topological polar surface area (TPSA) is 59.4 Å². The maximum absolute atomic E-state index is 12.6. The Labute approximate surface area is 84.5 Å². The second-order valence-corrected chi connectivity index (χ2v) is 2.84. The lowest BCUT2D eigenvalue weighted by Gasteiger charge is -2.10. The predicted molar refractivity (Wildman–Crippen MR) is 47.4 cm³/mol. The minimum absolute atomic E-state index is 0.314. The van der Waals surface area contributed by atoms with Crippen LogP contribution in [0.15, 0.2) is 6.07 Å². The number of carboxylic acid groups (broad SMARTS) is 1. The number of carbonyl (C=O) groups is 1. The lowest BCUT2D eigenvalue weighted by Crippen LogP contribution is -2.08. The summed E-state index contributed by atoms with van der Waals surface area (Å²) >= 11 is 0. The second kappa shape index (κ2) is 4.20. The van der Waals surface area contributed by atoms with Gasteiger partial charge in [0.25, 0.3) is 6.43 Å². The van der Waals surface area contributed by atoms with Crippen LogP contribution in [0, 0.1) is 6.92 Å². The molecule has 0 saturated carbocycles. The van der Waals surface area contributed by atoms with Gasteiger partial charge in [-0.25, -0.2) is 18.6 Å². The molecule has 0 radical (unpaired) electrons. The summed E-state index contributed by atoms with van der Waals surface area (Å²) in [5.41, 5.74) is -0.849. The third-order valence-electron chi connectivity index (χ3n) is 1.79. The minimum atomic E-state index is -2.93. The van der Waals surface area contributed by atoms with Crippen LogP contribution in [-0.2, 0) is 0 Å². The van der Waals surface area contributed by atoms with Crippen molar-refractivity contribution < 1.29 is 23.4 Å². The zero-order chi connectivity index (χ0) is 11.6. The van der Waals surface area contributed by atoms with E-state index in [0.29, 0.717) is 5.69 Å². The van der Waals surface area contributed by atoms with Crippen molar-refractivity contribution in [3.8, 4) is 5.88 Å². The van der Waals surface area contributed by atoms with E-state index in [1.165, 1.54) is 14.0 Å². The van der Waals surface area contributed by atoms with Gasteiger partial charge in [-0.1, -0.05) is 0 Å². The van der Waals surface area contributed by atoms with Crippen molar-refractivity contribution in [2.24, 2.45) is 0 Å². The molecule has 1 aromatic heterocycles. The van der Waals surface area contributed by atoms with E-state index in [2.05, 4.69) is 9.72 Å². The first kappa shape index (κ1) is 11.4. The number of carboxylic acids is 1. The standard InChI is InChI=1S/C9H9F2NO3/c1-4-3-5(9(13)14)6(7(10)11)8(12-4)15-2/h3,7H,1-2H3,(H,13,14). The molecule has 1 heterocycles. The Hall–Kier alpha value is -1.72. The molecule has 0 aliphatic heterocycles. The molecule has 0 saturated heterocycles. The van der Waals surface area contributed by atoms with Crippen LogP contribution in [-0.4, -0.2) is 23.2 Å². The molecule has 6 heteroatoms. The van der Waals surface area contributed by atoms with Crippen molar-refractivity contribution in [3.05, 3.63) is 22.9 Å². The van der Waals surface area contributed by atoms with Crippen LogP contribution < -0.4 is 4.74 Å². The third-order valence-corrected chi connectivity index (χ3v) is 1.79. The summed E-state index contributed by atoms with van der Waals surface area (Å²) < 4.78 is 29.8. The first-order valence-electron chi connectivity index (χ1n) is 4.04. The minimum Gasteiger partial charge on any atom is -0.481 e. The molecular weight excluding hydrogens is 208 g/mol. The normalized spacial score (nSPS) is 10.5. The van der Waals surface area contributed by atoms with Crippen molar-refractivity contribution >= 4 is 5.97 Å². The van der Waals surface area contributed by atoms with Crippen LogP contribution in [0.2, 0.25) is 0 Å². The number of alkyl halides is 2. The molecule has 82 valence electrons.